The fourth-order valence-corrected chi connectivity index (χ4v) is 8.02. The second-order valence-electron chi connectivity index (χ2n) is 17.9. The predicted octanol–water partition coefficient (Wildman–Crippen LogP) is 12.9. The van der Waals surface area contributed by atoms with Crippen LogP contribution in [0.1, 0.15) is 65.3 Å². The van der Waals surface area contributed by atoms with E-state index in [4.69, 9.17) is 9.47 Å². The summed E-state index contributed by atoms with van der Waals surface area (Å²) in [4.78, 5) is 24.0. The number of aromatic nitrogens is 1. The monoisotopic (exact) mass is 1160 g/mol. The normalized spacial score (nSPS) is 13.3. The van der Waals surface area contributed by atoms with E-state index in [1.54, 1.807) is 0 Å². The molecule has 1 aromatic heterocycles. The van der Waals surface area contributed by atoms with Gasteiger partial charge in [-0.25, -0.2) is 14.2 Å². The van der Waals surface area contributed by atoms with Crippen molar-refractivity contribution in [2.45, 2.75) is 76.7 Å². The number of hydrogen-bond acceptors (Lipinski definition) is 4. The molecule has 0 atom stereocenters. The molecule has 4 aromatic carbocycles. The lowest BCUT2D eigenvalue weighted by atomic mass is 9.12. The number of esters is 2. The summed E-state index contributed by atoms with van der Waals surface area (Å²) in [6.45, 7) is 6.23. The lowest BCUT2D eigenvalue weighted by Gasteiger charge is -2.46. The quantitative estimate of drug-likeness (QED) is 0.0295. The first-order valence-electron chi connectivity index (χ1n) is 21.3. The number of carbonyl (C=O) groups excluding carboxylic acids is 2. The Bertz CT molecular complexity index is 2570. The van der Waals surface area contributed by atoms with E-state index < -0.39 is 207 Å². The molecule has 0 aliphatic heterocycles. The lowest BCUT2D eigenvalue weighted by Crippen LogP contribution is -2.75. The minimum atomic E-state index is -6.13. The molecule has 5 aromatic rings. The van der Waals surface area contributed by atoms with Crippen LogP contribution in [0.25, 0.3) is 0 Å². The molecule has 1 heterocycles. The molecule has 0 amide bonds. The van der Waals surface area contributed by atoms with Crippen molar-refractivity contribution in [3.63, 3.8) is 0 Å². The summed E-state index contributed by atoms with van der Waals surface area (Å²) in [5, 5.41) is 0. The third-order valence-corrected chi connectivity index (χ3v) is 11.5. The average Bonchev–Trinajstić information content (AvgIpc) is 3.29. The van der Waals surface area contributed by atoms with Gasteiger partial charge >= 0.3 is 61.3 Å². The van der Waals surface area contributed by atoms with Crippen molar-refractivity contribution in [3.05, 3.63) is 159 Å². The van der Waals surface area contributed by atoms with Crippen LogP contribution in [0.15, 0.2) is 115 Å². The largest absolute Gasteiger partial charge is 0.465 e. The van der Waals surface area contributed by atoms with Gasteiger partial charge in [0.2, 0.25) is 0 Å². The first-order chi connectivity index (χ1) is 35.1. The fourth-order valence-electron chi connectivity index (χ4n) is 8.02. The number of rotatable bonds is 8. The third kappa shape index (κ3) is 14.8. The van der Waals surface area contributed by atoms with E-state index in [9.17, 15) is 115 Å². The first-order valence-corrected chi connectivity index (χ1v) is 21.3. The van der Waals surface area contributed by atoms with Gasteiger partial charge in [0, 0.05) is 17.7 Å². The molecule has 5 nitrogen and oxygen atoms in total. The van der Waals surface area contributed by atoms with Crippen molar-refractivity contribution in [2.75, 3.05) is 14.2 Å². The van der Waals surface area contributed by atoms with E-state index in [1.165, 1.54) is 14.2 Å². The number of benzene rings is 4. The van der Waals surface area contributed by atoms with Crippen molar-refractivity contribution in [2.24, 2.45) is 5.41 Å². The molecule has 0 spiro atoms. The molecular formula is C48H34BF24NO4. The summed E-state index contributed by atoms with van der Waals surface area (Å²) in [7, 11) is 2.50. The van der Waals surface area contributed by atoms with Crippen LogP contribution >= 0.6 is 0 Å². The van der Waals surface area contributed by atoms with E-state index in [1.807, 2.05) is 55.9 Å². The van der Waals surface area contributed by atoms with Gasteiger partial charge in [-0.05, 0) is 29.7 Å². The van der Waals surface area contributed by atoms with Crippen LogP contribution in [0.3, 0.4) is 0 Å². The van der Waals surface area contributed by atoms with E-state index in [0.717, 1.165) is 0 Å². The molecule has 0 saturated heterocycles. The average molecular weight is 1160 g/mol. The number of pyridine rings is 1. The SMILES string of the molecule is COC(=O)C(C(=O)OC)=C(C[n+]1ccccc1)C(C)(C)C.FC(F)(F)c1cc([B-](c2cc(C(F)(F)F)cc(C(F)(F)F)c2)(c2cc(C(F)(F)F)cc(C(F)(F)F)c2)c2cc(C(F)(F)F)cc(C(F)(F)F)c2)cc(C(F)(F)F)c1. The van der Waals surface area contributed by atoms with Crippen LogP contribution < -0.4 is 26.4 Å². The minimum absolute atomic E-state index is 0.0381. The van der Waals surface area contributed by atoms with Crippen molar-refractivity contribution in [1.29, 1.82) is 0 Å². The van der Waals surface area contributed by atoms with Gasteiger partial charge in [0.15, 0.2) is 24.5 Å². The Kier molecular flexibility index (Phi) is 17.7. The molecule has 0 saturated carbocycles. The van der Waals surface area contributed by atoms with E-state index >= 15 is 0 Å². The highest BCUT2D eigenvalue weighted by atomic mass is 19.4. The molecule has 0 N–H and O–H groups in total. The number of alkyl halides is 24. The molecular weight excluding hydrogens is 1120 g/mol. The van der Waals surface area contributed by atoms with Gasteiger partial charge in [0.25, 0.3) is 0 Å². The van der Waals surface area contributed by atoms with Crippen LogP contribution in [0.5, 0.6) is 0 Å². The molecule has 0 aliphatic carbocycles. The summed E-state index contributed by atoms with van der Waals surface area (Å²) in [6, 6.07) is -3.14. The lowest BCUT2D eigenvalue weighted by molar-refractivity contribution is -0.690. The highest BCUT2D eigenvalue weighted by molar-refractivity contribution is 7.20. The summed E-state index contributed by atoms with van der Waals surface area (Å²) in [5.41, 5.74) is -30.0. The Morgan fingerprint density at radius 3 is 0.744 bits per heavy atom. The summed E-state index contributed by atoms with van der Waals surface area (Å²) in [5.74, 6) is -1.35. The van der Waals surface area contributed by atoms with Gasteiger partial charge < -0.3 is 9.47 Å². The third-order valence-electron chi connectivity index (χ3n) is 11.5. The van der Waals surface area contributed by atoms with Gasteiger partial charge in [-0.3, -0.25) is 0 Å². The number of ether oxygens (including phenoxy) is 2. The second-order valence-corrected chi connectivity index (χ2v) is 17.9. The molecule has 0 radical (unpaired) electrons. The fraction of sp³-hybridized carbons (Fsp3) is 0.312. The Balaban J connectivity index is 0.000000523. The standard InChI is InChI=1S/C32H12BF24.C16H22NO4/c34-25(35,36)13-1-14(26(37,38)39)6-21(5-13)33(22-7-15(27(40,41)42)2-16(8-22)28(43,44)45,23-9-17(29(46,47)48)3-18(10-23)30(49,50)51)24-11-19(31(52,53)54)4-20(12-24)32(55,56)57;1-16(2,3)12(11-17-9-7-6-8-10-17)13(14(18)20-4)15(19)21-5/h1-12H;6-10H,11H2,1-5H3/q-1;+1. The van der Waals surface area contributed by atoms with Crippen LogP contribution in [-0.2, 0) is 75.0 Å². The van der Waals surface area contributed by atoms with Crippen molar-refractivity contribution < 1.29 is 129 Å². The van der Waals surface area contributed by atoms with Crippen molar-refractivity contribution in [3.8, 4) is 0 Å². The van der Waals surface area contributed by atoms with Crippen molar-refractivity contribution >= 4 is 39.9 Å². The Morgan fingerprint density at radius 1 is 0.372 bits per heavy atom. The zero-order valence-electron chi connectivity index (χ0n) is 39.8. The maximum absolute atomic E-state index is 14.2. The molecule has 0 bridgehead atoms. The highest BCUT2D eigenvalue weighted by Gasteiger charge is 2.47. The van der Waals surface area contributed by atoms with Crippen LogP contribution in [0.2, 0.25) is 0 Å². The van der Waals surface area contributed by atoms with Gasteiger partial charge in [0.05, 0.1) is 58.7 Å². The Labute approximate surface area is 424 Å². The molecule has 30 heteroatoms. The number of carbonyl (C=O) groups is 2. The van der Waals surface area contributed by atoms with Crippen LogP contribution in [0, 0.1) is 5.41 Å². The van der Waals surface area contributed by atoms with Crippen molar-refractivity contribution in [1.82, 2.24) is 0 Å². The Hall–Kier alpha value is -6.91. The number of nitrogens with zero attached hydrogens (tertiary/aromatic N) is 1. The number of halogens is 24. The smallest absolute Gasteiger partial charge is 0.416 e. The zero-order chi connectivity index (χ0) is 60.0. The zero-order valence-corrected chi connectivity index (χ0v) is 39.8. The molecule has 0 fully saturated rings. The molecule has 0 aliphatic rings. The number of hydrogen-bond donors (Lipinski definition) is 0. The highest BCUT2D eigenvalue weighted by Crippen LogP contribution is 2.42. The van der Waals surface area contributed by atoms with E-state index in [0.29, 0.717) is 12.1 Å². The molecule has 426 valence electrons. The van der Waals surface area contributed by atoms with Crippen LogP contribution in [0.4, 0.5) is 105 Å². The Morgan fingerprint density at radius 2 is 0.577 bits per heavy atom. The van der Waals surface area contributed by atoms with E-state index in [2.05, 4.69) is 0 Å². The summed E-state index contributed by atoms with van der Waals surface area (Å²) < 4.78 is 352. The summed E-state index contributed by atoms with van der Waals surface area (Å²) >= 11 is 0. The topological polar surface area (TPSA) is 56.5 Å². The number of allylic oxidation sites excluding steroid dienone is 1. The maximum atomic E-state index is 14.2. The molecule has 5 rings (SSSR count). The van der Waals surface area contributed by atoms with Gasteiger partial charge in [-0.15, -0.1) is 0 Å². The number of methoxy groups -OCH3 is 2. The van der Waals surface area contributed by atoms with Crippen LogP contribution in [-0.4, -0.2) is 32.3 Å². The maximum Gasteiger partial charge on any atom is 0.416 e. The van der Waals surface area contributed by atoms with E-state index in [-0.39, 0.29) is 11.0 Å². The predicted molar refractivity (Wildman–Crippen MR) is 227 cm³/mol. The second kappa shape index (κ2) is 21.7. The van der Waals surface area contributed by atoms with Gasteiger partial charge in [0.1, 0.15) is 6.15 Å². The minimum Gasteiger partial charge on any atom is -0.465 e. The van der Waals surface area contributed by atoms with Gasteiger partial charge in [-0.1, -0.05) is 75.4 Å². The molecule has 78 heavy (non-hydrogen) atoms. The molecule has 0 unspecified atom stereocenters. The first kappa shape index (κ1) is 63.6. The summed E-state index contributed by atoms with van der Waals surface area (Å²) in [6.07, 6.45) is -51.1. The van der Waals surface area contributed by atoms with Gasteiger partial charge in [-0.2, -0.15) is 127 Å².